The summed E-state index contributed by atoms with van der Waals surface area (Å²) >= 11 is 0. The van der Waals surface area contributed by atoms with Gasteiger partial charge in [0.15, 0.2) is 11.5 Å². The van der Waals surface area contributed by atoms with Gasteiger partial charge in [0.25, 0.3) is 5.89 Å². The van der Waals surface area contributed by atoms with Crippen molar-refractivity contribution < 1.29 is 12.9 Å². The van der Waals surface area contributed by atoms with Gasteiger partial charge in [0.2, 0.25) is 10.0 Å². The Morgan fingerprint density at radius 2 is 2.05 bits per heavy atom. The number of hydrogen-bond donors (Lipinski definition) is 0. The number of hydrogen-bond acceptors (Lipinski definition) is 6. The first kappa shape index (κ1) is 14.2. The molecule has 114 valence electrons. The van der Waals surface area contributed by atoms with Crippen LogP contribution < -0.4 is 0 Å². The highest BCUT2D eigenvalue weighted by Crippen LogP contribution is 2.32. The molecule has 21 heavy (non-hydrogen) atoms. The highest BCUT2D eigenvalue weighted by atomic mass is 32.2. The predicted molar refractivity (Wildman–Crippen MR) is 74.6 cm³/mol. The average molecular weight is 311 g/mol. The average Bonchev–Trinajstić information content (AvgIpc) is 3.15. The molecule has 0 bridgehead atoms. The third-order valence-electron chi connectivity index (χ3n) is 3.68. The van der Waals surface area contributed by atoms with Crippen LogP contribution in [-0.4, -0.2) is 38.4 Å². The Hall–Kier alpha value is -1.74. The number of fused-ring (bicyclic) bond motifs is 1. The van der Waals surface area contributed by atoms with Crippen molar-refractivity contribution in [2.24, 2.45) is 7.05 Å². The van der Waals surface area contributed by atoms with E-state index >= 15 is 0 Å². The summed E-state index contributed by atoms with van der Waals surface area (Å²) in [5, 5.41) is 8.25. The topological polar surface area (TPSA) is 94.1 Å². The van der Waals surface area contributed by atoms with E-state index in [4.69, 9.17) is 4.52 Å². The second kappa shape index (κ2) is 4.92. The number of aryl methyl sites for hydroxylation is 2. The van der Waals surface area contributed by atoms with Gasteiger partial charge in [-0.3, -0.25) is 4.68 Å². The molecule has 9 heteroatoms. The lowest BCUT2D eigenvalue weighted by atomic mass is 10.2. The third kappa shape index (κ3) is 2.26. The monoisotopic (exact) mass is 311 g/mol. The lowest BCUT2D eigenvalue weighted by Gasteiger charge is -2.14. The van der Waals surface area contributed by atoms with Gasteiger partial charge in [0.05, 0.1) is 18.0 Å². The zero-order valence-corrected chi connectivity index (χ0v) is 13.0. The summed E-state index contributed by atoms with van der Waals surface area (Å²) in [7, 11) is -1.43. The van der Waals surface area contributed by atoms with Gasteiger partial charge in [0, 0.05) is 25.6 Å². The van der Waals surface area contributed by atoms with E-state index in [-0.39, 0.29) is 5.75 Å². The maximum absolute atomic E-state index is 12.0. The van der Waals surface area contributed by atoms with Crippen molar-refractivity contribution in [1.82, 2.24) is 24.2 Å². The second-order valence-corrected chi connectivity index (χ2v) is 7.19. The fourth-order valence-electron chi connectivity index (χ4n) is 2.41. The summed E-state index contributed by atoms with van der Waals surface area (Å²) in [5.74, 6) is 1.05. The van der Waals surface area contributed by atoms with E-state index in [9.17, 15) is 8.42 Å². The minimum atomic E-state index is -3.23. The van der Waals surface area contributed by atoms with Crippen LogP contribution in [0.4, 0.5) is 0 Å². The Morgan fingerprint density at radius 1 is 1.29 bits per heavy atom. The lowest BCUT2D eigenvalue weighted by Crippen LogP contribution is -2.27. The van der Waals surface area contributed by atoms with Gasteiger partial charge in [-0.15, -0.1) is 0 Å². The molecule has 0 saturated carbocycles. The Bertz CT molecular complexity index is 777. The molecule has 0 saturated heterocycles. The minimum absolute atomic E-state index is 0.0876. The number of aromatic nitrogens is 4. The van der Waals surface area contributed by atoms with Crippen LogP contribution in [0.2, 0.25) is 0 Å². The van der Waals surface area contributed by atoms with Crippen molar-refractivity contribution in [3.8, 4) is 11.6 Å². The first-order chi connectivity index (χ1) is 9.96. The van der Waals surface area contributed by atoms with Crippen LogP contribution in [0, 0.1) is 0 Å². The summed E-state index contributed by atoms with van der Waals surface area (Å²) in [6.07, 6.45) is 0.675. The van der Waals surface area contributed by atoms with Crippen LogP contribution in [0.15, 0.2) is 4.52 Å². The quantitative estimate of drug-likeness (QED) is 0.825. The molecule has 0 N–H and O–H groups in total. The Labute approximate surface area is 122 Å². The normalized spacial score (nSPS) is 15.6. The van der Waals surface area contributed by atoms with Gasteiger partial charge in [-0.05, 0) is 6.92 Å². The Morgan fingerprint density at radius 3 is 2.67 bits per heavy atom. The van der Waals surface area contributed by atoms with Crippen molar-refractivity contribution in [2.45, 2.75) is 33.4 Å². The van der Waals surface area contributed by atoms with Gasteiger partial charge < -0.3 is 4.52 Å². The summed E-state index contributed by atoms with van der Waals surface area (Å²) in [4.78, 5) is 4.28. The van der Waals surface area contributed by atoms with E-state index in [0.29, 0.717) is 36.9 Å². The van der Waals surface area contributed by atoms with E-state index in [2.05, 4.69) is 15.2 Å². The number of rotatable bonds is 4. The molecule has 2 aromatic heterocycles. The highest BCUT2D eigenvalue weighted by Gasteiger charge is 2.34. The van der Waals surface area contributed by atoms with Crippen molar-refractivity contribution in [3.05, 3.63) is 17.1 Å². The van der Waals surface area contributed by atoms with Crippen LogP contribution in [0.5, 0.6) is 0 Å². The standard InChI is InChI=1S/C12H17N5O3S/c1-4-10-13-12(20-15-10)11-8-6-17(21(18,19)5-2)7-9(8)16(3)14-11/h4-7H2,1-3H3. The number of nitrogens with zero attached hydrogens (tertiary/aromatic N) is 5. The molecule has 0 atom stereocenters. The first-order valence-electron chi connectivity index (χ1n) is 6.81. The predicted octanol–water partition coefficient (Wildman–Crippen LogP) is 0.698. The molecule has 2 aromatic rings. The Balaban J connectivity index is 2.00. The van der Waals surface area contributed by atoms with Crippen molar-refractivity contribution in [1.29, 1.82) is 0 Å². The maximum Gasteiger partial charge on any atom is 0.278 e. The van der Waals surface area contributed by atoms with Gasteiger partial charge in [0.1, 0.15) is 0 Å². The smallest absolute Gasteiger partial charge is 0.278 e. The van der Waals surface area contributed by atoms with Crippen LogP contribution in [0.3, 0.4) is 0 Å². The van der Waals surface area contributed by atoms with Gasteiger partial charge in [-0.1, -0.05) is 12.1 Å². The lowest BCUT2D eigenvalue weighted by molar-refractivity contribution is 0.413. The largest absolute Gasteiger partial charge is 0.332 e. The molecule has 0 fully saturated rings. The first-order valence-corrected chi connectivity index (χ1v) is 8.42. The molecule has 0 unspecified atom stereocenters. The van der Waals surface area contributed by atoms with Crippen LogP contribution >= 0.6 is 0 Å². The fourth-order valence-corrected chi connectivity index (χ4v) is 3.42. The second-order valence-electron chi connectivity index (χ2n) is 4.94. The number of sulfonamides is 1. The molecule has 0 aliphatic carbocycles. The SMILES string of the molecule is CCc1noc(-c2nn(C)c3c2CN(S(=O)(=O)CC)C3)n1. The van der Waals surface area contributed by atoms with Gasteiger partial charge in [-0.25, -0.2) is 8.42 Å². The zero-order valence-electron chi connectivity index (χ0n) is 12.2. The molecule has 8 nitrogen and oxygen atoms in total. The summed E-state index contributed by atoms with van der Waals surface area (Å²) < 4.78 is 32.4. The minimum Gasteiger partial charge on any atom is -0.332 e. The molecule has 0 aromatic carbocycles. The van der Waals surface area contributed by atoms with E-state index < -0.39 is 10.0 Å². The molecular weight excluding hydrogens is 294 g/mol. The van der Waals surface area contributed by atoms with Crippen LogP contribution in [0.1, 0.15) is 30.9 Å². The molecule has 1 aliphatic rings. The third-order valence-corrected chi connectivity index (χ3v) is 5.46. The van der Waals surface area contributed by atoms with Crippen LogP contribution in [-0.2, 0) is 36.6 Å². The molecule has 0 spiro atoms. The molecule has 0 radical (unpaired) electrons. The van der Waals surface area contributed by atoms with Crippen molar-refractivity contribution >= 4 is 10.0 Å². The van der Waals surface area contributed by atoms with Crippen LogP contribution in [0.25, 0.3) is 11.6 Å². The van der Waals surface area contributed by atoms with Gasteiger partial charge in [-0.2, -0.15) is 14.4 Å². The van der Waals surface area contributed by atoms with E-state index in [1.165, 1.54) is 4.31 Å². The highest BCUT2D eigenvalue weighted by molar-refractivity contribution is 7.89. The van der Waals surface area contributed by atoms with Crippen molar-refractivity contribution in [2.75, 3.05) is 5.75 Å². The summed E-state index contributed by atoms with van der Waals surface area (Å²) in [6, 6.07) is 0. The molecule has 3 heterocycles. The van der Waals surface area contributed by atoms with E-state index in [0.717, 1.165) is 11.3 Å². The molecule has 3 rings (SSSR count). The molecule has 0 amide bonds. The maximum atomic E-state index is 12.0. The summed E-state index contributed by atoms with van der Waals surface area (Å²) in [5.41, 5.74) is 2.30. The molecule has 1 aliphatic heterocycles. The Kier molecular flexibility index (Phi) is 3.33. The molecular formula is C12H17N5O3S. The van der Waals surface area contributed by atoms with E-state index in [1.807, 2.05) is 6.92 Å². The zero-order chi connectivity index (χ0) is 15.2. The van der Waals surface area contributed by atoms with Gasteiger partial charge >= 0.3 is 0 Å². The van der Waals surface area contributed by atoms with Crippen molar-refractivity contribution in [3.63, 3.8) is 0 Å². The van der Waals surface area contributed by atoms with E-state index in [1.54, 1.807) is 18.7 Å². The fraction of sp³-hybridized carbons (Fsp3) is 0.583. The summed E-state index contributed by atoms with van der Waals surface area (Å²) in [6.45, 7) is 4.22.